The van der Waals surface area contributed by atoms with E-state index in [0.717, 1.165) is 0 Å². The Hall–Kier alpha value is -2.90. The highest BCUT2D eigenvalue weighted by atomic mass is 35.5. The first-order valence-corrected chi connectivity index (χ1v) is 8.81. The summed E-state index contributed by atoms with van der Waals surface area (Å²) in [6, 6.07) is 14.2. The average molecular weight is 401 g/mol. The Balaban J connectivity index is 0.00000225. The molecule has 7 nitrogen and oxygen atoms in total. The van der Waals surface area contributed by atoms with Crippen molar-refractivity contribution in [3.63, 3.8) is 0 Å². The van der Waals surface area contributed by atoms with Crippen LogP contribution in [0.15, 0.2) is 48.5 Å². The van der Waals surface area contributed by atoms with Crippen molar-refractivity contribution in [2.45, 2.75) is 31.5 Å². The Morgan fingerprint density at radius 2 is 1.86 bits per heavy atom. The van der Waals surface area contributed by atoms with Crippen LogP contribution < -0.4 is 21.3 Å². The third-order valence-corrected chi connectivity index (χ3v) is 5.15. The first-order valence-electron chi connectivity index (χ1n) is 8.81. The van der Waals surface area contributed by atoms with Crippen molar-refractivity contribution in [1.82, 2.24) is 16.0 Å². The summed E-state index contributed by atoms with van der Waals surface area (Å²) in [5, 5.41) is 11.0. The standard InChI is InChI=1S/C20H20N4O3.ClH/c1-20(18(26)23-19(27)24-20)14-7-4-8-15(10-14)22-17(25)16-9-12-5-2-3-6-13(12)11-21-16;/h2-8,10,16,21H,9,11H2,1H3,(H,22,25)(H2,23,24,26,27);1H. The van der Waals surface area contributed by atoms with Crippen LogP contribution in [-0.2, 0) is 28.1 Å². The van der Waals surface area contributed by atoms with E-state index < -0.39 is 17.5 Å². The van der Waals surface area contributed by atoms with Crippen molar-refractivity contribution in [1.29, 1.82) is 0 Å². The molecule has 0 bridgehead atoms. The van der Waals surface area contributed by atoms with E-state index in [4.69, 9.17) is 0 Å². The predicted molar refractivity (Wildman–Crippen MR) is 107 cm³/mol. The molecule has 2 aromatic rings. The number of hydrogen-bond acceptors (Lipinski definition) is 4. The van der Waals surface area contributed by atoms with Crippen molar-refractivity contribution in [3.8, 4) is 0 Å². The van der Waals surface area contributed by atoms with Crippen LogP contribution in [0.25, 0.3) is 0 Å². The number of amides is 4. The van der Waals surface area contributed by atoms with E-state index in [1.807, 2.05) is 18.2 Å². The molecule has 0 aliphatic carbocycles. The van der Waals surface area contributed by atoms with Gasteiger partial charge in [-0.15, -0.1) is 12.4 Å². The van der Waals surface area contributed by atoms with Gasteiger partial charge in [0.05, 0.1) is 6.04 Å². The number of nitrogens with one attached hydrogen (secondary N) is 4. The normalized spacial score (nSPS) is 23.1. The van der Waals surface area contributed by atoms with Crippen LogP contribution in [0.3, 0.4) is 0 Å². The maximum atomic E-state index is 12.7. The monoisotopic (exact) mass is 400 g/mol. The molecule has 2 aliphatic heterocycles. The van der Waals surface area contributed by atoms with Gasteiger partial charge in [0.25, 0.3) is 5.91 Å². The van der Waals surface area contributed by atoms with Crippen molar-refractivity contribution < 1.29 is 14.4 Å². The van der Waals surface area contributed by atoms with E-state index in [0.29, 0.717) is 24.2 Å². The molecule has 2 heterocycles. The molecule has 4 N–H and O–H groups in total. The topological polar surface area (TPSA) is 99.3 Å². The van der Waals surface area contributed by atoms with Crippen LogP contribution in [-0.4, -0.2) is 23.9 Å². The molecular weight excluding hydrogens is 380 g/mol. The lowest BCUT2D eigenvalue weighted by Gasteiger charge is -2.26. The van der Waals surface area contributed by atoms with Gasteiger partial charge in [-0.3, -0.25) is 14.9 Å². The van der Waals surface area contributed by atoms with Crippen molar-refractivity contribution in [2.24, 2.45) is 0 Å². The third-order valence-electron chi connectivity index (χ3n) is 5.15. The number of hydrogen-bond donors (Lipinski definition) is 4. The van der Waals surface area contributed by atoms with Gasteiger partial charge >= 0.3 is 6.03 Å². The zero-order valence-corrected chi connectivity index (χ0v) is 16.1. The van der Waals surface area contributed by atoms with Gasteiger partial charge in [0, 0.05) is 12.2 Å². The molecular formula is C20H21ClN4O3. The number of carbonyl (C=O) groups excluding carboxylic acids is 3. The Bertz CT molecular complexity index is 949. The number of halogens is 1. The molecule has 2 atom stereocenters. The van der Waals surface area contributed by atoms with E-state index in [9.17, 15) is 14.4 Å². The second-order valence-corrected chi connectivity index (χ2v) is 7.01. The number of urea groups is 1. The zero-order valence-electron chi connectivity index (χ0n) is 15.2. The van der Waals surface area contributed by atoms with Crippen LogP contribution in [0.2, 0.25) is 0 Å². The van der Waals surface area contributed by atoms with E-state index in [1.54, 1.807) is 31.2 Å². The highest BCUT2D eigenvalue weighted by Gasteiger charge is 2.43. The lowest BCUT2D eigenvalue weighted by atomic mass is 9.92. The maximum Gasteiger partial charge on any atom is 0.322 e. The molecule has 2 unspecified atom stereocenters. The molecule has 4 rings (SSSR count). The first-order chi connectivity index (χ1) is 13.0. The molecule has 4 amide bonds. The van der Waals surface area contributed by atoms with Crippen LogP contribution in [0.5, 0.6) is 0 Å². The van der Waals surface area contributed by atoms with E-state index in [2.05, 4.69) is 27.3 Å². The Morgan fingerprint density at radius 1 is 1.11 bits per heavy atom. The van der Waals surface area contributed by atoms with Crippen LogP contribution in [0.1, 0.15) is 23.6 Å². The largest absolute Gasteiger partial charge is 0.325 e. The lowest BCUT2D eigenvalue weighted by Crippen LogP contribution is -2.44. The second-order valence-electron chi connectivity index (χ2n) is 7.01. The number of carbonyl (C=O) groups is 3. The average Bonchev–Trinajstić information content (AvgIpc) is 2.94. The second kappa shape index (κ2) is 7.61. The first kappa shape index (κ1) is 19.9. The summed E-state index contributed by atoms with van der Waals surface area (Å²) in [7, 11) is 0. The summed E-state index contributed by atoms with van der Waals surface area (Å²) in [4.78, 5) is 36.3. The quantitative estimate of drug-likeness (QED) is 0.590. The molecule has 0 aromatic heterocycles. The number of rotatable bonds is 3. The Morgan fingerprint density at radius 3 is 2.57 bits per heavy atom. The molecule has 1 fully saturated rings. The molecule has 146 valence electrons. The fraction of sp³-hybridized carbons (Fsp3) is 0.250. The maximum absolute atomic E-state index is 12.7. The number of fused-ring (bicyclic) bond motifs is 1. The minimum absolute atomic E-state index is 0. The summed E-state index contributed by atoms with van der Waals surface area (Å²) in [6.45, 7) is 2.28. The summed E-state index contributed by atoms with van der Waals surface area (Å²) < 4.78 is 0. The Kier molecular flexibility index (Phi) is 5.40. The van der Waals surface area contributed by atoms with Gasteiger partial charge < -0.3 is 16.0 Å². The number of imide groups is 1. The van der Waals surface area contributed by atoms with Gasteiger partial charge in [0.2, 0.25) is 5.91 Å². The zero-order chi connectivity index (χ0) is 19.0. The van der Waals surface area contributed by atoms with Gasteiger partial charge in [-0.2, -0.15) is 0 Å². The van der Waals surface area contributed by atoms with Crippen molar-refractivity contribution >= 4 is 35.9 Å². The van der Waals surface area contributed by atoms with Crippen molar-refractivity contribution in [2.75, 3.05) is 5.32 Å². The fourth-order valence-corrected chi connectivity index (χ4v) is 3.52. The molecule has 1 saturated heterocycles. The van der Waals surface area contributed by atoms with Gasteiger partial charge in [-0.1, -0.05) is 36.4 Å². The SMILES string of the molecule is CC1(c2cccc(NC(=O)C3Cc4ccccc4CN3)c2)NC(=O)NC1=O.Cl. The Labute approximate surface area is 168 Å². The summed E-state index contributed by atoms with van der Waals surface area (Å²) in [5.74, 6) is -0.548. The lowest BCUT2D eigenvalue weighted by molar-refractivity contribution is -0.123. The molecule has 8 heteroatoms. The van der Waals surface area contributed by atoms with Crippen LogP contribution in [0.4, 0.5) is 10.5 Å². The van der Waals surface area contributed by atoms with Crippen LogP contribution >= 0.6 is 12.4 Å². The van der Waals surface area contributed by atoms with E-state index >= 15 is 0 Å². The predicted octanol–water partition coefficient (Wildman–Crippen LogP) is 1.82. The fourth-order valence-electron chi connectivity index (χ4n) is 3.52. The highest BCUT2D eigenvalue weighted by Crippen LogP contribution is 2.26. The number of benzene rings is 2. The van der Waals surface area contributed by atoms with Gasteiger partial charge in [0.1, 0.15) is 5.54 Å². The smallest absolute Gasteiger partial charge is 0.322 e. The molecule has 0 radical (unpaired) electrons. The van der Waals surface area contributed by atoms with Gasteiger partial charge in [-0.25, -0.2) is 4.79 Å². The van der Waals surface area contributed by atoms with Crippen molar-refractivity contribution in [3.05, 3.63) is 65.2 Å². The van der Waals surface area contributed by atoms with E-state index in [-0.39, 0.29) is 24.4 Å². The number of anilines is 1. The molecule has 2 aromatic carbocycles. The van der Waals surface area contributed by atoms with Crippen LogP contribution in [0, 0.1) is 0 Å². The molecule has 28 heavy (non-hydrogen) atoms. The summed E-state index contributed by atoms with van der Waals surface area (Å²) in [6.07, 6.45) is 0.623. The minimum Gasteiger partial charge on any atom is -0.325 e. The minimum atomic E-state index is -1.15. The van der Waals surface area contributed by atoms with Gasteiger partial charge in [0.15, 0.2) is 0 Å². The summed E-state index contributed by atoms with van der Waals surface area (Å²) >= 11 is 0. The van der Waals surface area contributed by atoms with E-state index in [1.165, 1.54) is 11.1 Å². The molecule has 0 spiro atoms. The highest BCUT2D eigenvalue weighted by molar-refractivity contribution is 6.07. The third kappa shape index (κ3) is 3.58. The molecule has 2 aliphatic rings. The molecule has 0 saturated carbocycles. The summed E-state index contributed by atoms with van der Waals surface area (Å²) in [5.41, 5.74) is 2.40. The van der Waals surface area contributed by atoms with Gasteiger partial charge in [-0.05, 0) is 42.2 Å².